The number of halogens is 2. The van der Waals surface area contributed by atoms with Gasteiger partial charge in [0.05, 0.1) is 25.4 Å². The standard InChI is InChI=1S/C28H30F2N4O2/c1-35-26-9-8-24-28(33-26)27-18(16-36-25(27)14-32-24)15-34-21-5-6-22(34)13-20(12-21)31-10-2-3-17-11-19(29)4-7-23(17)30/h2-4,7-9,11,14,18,20-22,31H,5-6,10,12-13,15-16H2,1H3/b3-2+/t18?,20?,21-,22+. The van der Waals surface area contributed by atoms with Crippen LogP contribution in [0.15, 0.2) is 42.6 Å². The van der Waals surface area contributed by atoms with Crippen LogP contribution in [0.2, 0.25) is 0 Å². The van der Waals surface area contributed by atoms with E-state index in [2.05, 4.69) is 15.2 Å². The summed E-state index contributed by atoms with van der Waals surface area (Å²) in [4.78, 5) is 11.9. The smallest absolute Gasteiger partial charge is 0.213 e. The number of ether oxygens (including phenoxy) is 2. The van der Waals surface area contributed by atoms with E-state index in [1.165, 1.54) is 18.9 Å². The fourth-order valence-electron chi connectivity index (χ4n) is 6.15. The van der Waals surface area contributed by atoms with E-state index in [9.17, 15) is 8.78 Å². The topological polar surface area (TPSA) is 59.5 Å². The van der Waals surface area contributed by atoms with Crippen molar-refractivity contribution in [2.45, 2.75) is 49.7 Å². The molecule has 0 amide bonds. The van der Waals surface area contributed by atoms with Gasteiger partial charge in [-0.1, -0.05) is 12.2 Å². The van der Waals surface area contributed by atoms with E-state index in [-0.39, 0.29) is 11.5 Å². The van der Waals surface area contributed by atoms with E-state index in [1.54, 1.807) is 13.2 Å². The normalized spacial score (nSPS) is 25.4. The van der Waals surface area contributed by atoms with Crippen molar-refractivity contribution in [2.24, 2.45) is 0 Å². The monoisotopic (exact) mass is 492 g/mol. The van der Waals surface area contributed by atoms with Crippen LogP contribution >= 0.6 is 0 Å². The molecule has 3 aromatic rings. The lowest BCUT2D eigenvalue weighted by molar-refractivity contribution is 0.106. The molecular formula is C28H30F2N4O2. The van der Waals surface area contributed by atoms with E-state index >= 15 is 0 Å². The Kier molecular flexibility index (Phi) is 6.31. The fraction of sp³-hybridized carbons (Fsp3) is 0.429. The van der Waals surface area contributed by atoms with E-state index in [0.29, 0.717) is 37.2 Å². The quantitative estimate of drug-likeness (QED) is 0.517. The zero-order valence-corrected chi connectivity index (χ0v) is 20.3. The van der Waals surface area contributed by atoms with Gasteiger partial charge in [-0.25, -0.2) is 13.8 Å². The summed E-state index contributed by atoms with van der Waals surface area (Å²) < 4.78 is 38.6. The molecule has 0 spiro atoms. The highest BCUT2D eigenvalue weighted by molar-refractivity contribution is 5.81. The number of hydrogen-bond donors (Lipinski definition) is 1. The number of pyridine rings is 2. The van der Waals surface area contributed by atoms with Crippen molar-refractivity contribution in [3.8, 4) is 11.6 Å². The highest BCUT2D eigenvalue weighted by Gasteiger charge is 2.42. The van der Waals surface area contributed by atoms with Gasteiger partial charge in [0.15, 0.2) is 0 Å². The lowest BCUT2D eigenvalue weighted by Gasteiger charge is -2.40. The molecule has 3 aliphatic heterocycles. The third-order valence-corrected chi connectivity index (χ3v) is 7.84. The minimum absolute atomic E-state index is 0.252. The Bertz CT molecular complexity index is 1290. The molecule has 0 saturated carbocycles. The van der Waals surface area contributed by atoms with E-state index in [4.69, 9.17) is 14.5 Å². The molecule has 2 unspecified atom stereocenters. The van der Waals surface area contributed by atoms with Crippen LogP contribution in [-0.4, -0.2) is 59.8 Å². The van der Waals surface area contributed by atoms with Crippen molar-refractivity contribution in [1.82, 2.24) is 20.2 Å². The van der Waals surface area contributed by atoms with Crippen LogP contribution in [0.3, 0.4) is 0 Å². The molecule has 2 bridgehead atoms. The number of rotatable bonds is 7. The van der Waals surface area contributed by atoms with Gasteiger partial charge in [-0.2, -0.15) is 0 Å². The van der Waals surface area contributed by atoms with Crippen molar-refractivity contribution in [3.63, 3.8) is 0 Å². The van der Waals surface area contributed by atoms with Crippen LogP contribution < -0.4 is 14.8 Å². The molecule has 5 heterocycles. The molecule has 2 fully saturated rings. The second kappa shape index (κ2) is 9.75. The summed E-state index contributed by atoms with van der Waals surface area (Å²) in [7, 11) is 1.63. The van der Waals surface area contributed by atoms with Crippen molar-refractivity contribution >= 4 is 17.1 Å². The van der Waals surface area contributed by atoms with Gasteiger partial charge >= 0.3 is 0 Å². The Morgan fingerprint density at radius 1 is 1.17 bits per heavy atom. The first-order valence-corrected chi connectivity index (χ1v) is 12.7. The lowest BCUT2D eigenvalue weighted by Crippen LogP contribution is -2.50. The fourth-order valence-corrected chi connectivity index (χ4v) is 6.15. The number of methoxy groups -OCH3 is 1. The van der Waals surface area contributed by atoms with Gasteiger partial charge in [0.25, 0.3) is 0 Å². The third-order valence-electron chi connectivity index (χ3n) is 7.84. The highest BCUT2D eigenvalue weighted by Crippen LogP contribution is 2.42. The second-order valence-electron chi connectivity index (χ2n) is 9.99. The Balaban J connectivity index is 1.10. The van der Waals surface area contributed by atoms with Crippen molar-refractivity contribution in [1.29, 1.82) is 0 Å². The van der Waals surface area contributed by atoms with E-state index in [1.807, 2.05) is 24.4 Å². The largest absolute Gasteiger partial charge is 0.491 e. The van der Waals surface area contributed by atoms with E-state index in [0.717, 1.165) is 53.9 Å². The number of aromatic nitrogens is 2. The Morgan fingerprint density at radius 3 is 2.81 bits per heavy atom. The van der Waals surface area contributed by atoms with Crippen LogP contribution in [0, 0.1) is 11.6 Å². The second-order valence-corrected chi connectivity index (χ2v) is 9.99. The van der Waals surface area contributed by atoms with Gasteiger partial charge in [-0.3, -0.25) is 9.88 Å². The Labute approximate surface area is 209 Å². The van der Waals surface area contributed by atoms with Crippen molar-refractivity contribution < 1.29 is 18.3 Å². The summed E-state index contributed by atoms with van der Waals surface area (Å²) in [6.45, 7) is 2.23. The number of nitrogens with one attached hydrogen (secondary N) is 1. The van der Waals surface area contributed by atoms with Gasteiger partial charge in [-0.05, 0) is 49.9 Å². The molecule has 3 aliphatic rings. The van der Waals surface area contributed by atoms with Gasteiger partial charge in [0, 0.05) is 54.3 Å². The molecule has 1 aromatic carbocycles. The molecule has 36 heavy (non-hydrogen) atoms. The summed E-state index contributed by atoms with van der Waals surface area (Å²) in [6, 6.07) is 8.80. The average molecular weight is 493 g/mol. The predicted octanol–water partition coefficient (Wildman–Crippen LogP) is 4.69. The highest BCUT2D eigenvalue weighted by atomic mass is 19.1. The Morgan fingerprint density at radius 2 is 2.00 bits per heavy atom. The minimum atomic E-state index is -0.428. The number of benzene rings is 1. The molecule has 2 saturated heterocycles. The zero-order valence-electron chi connectivity index (χ0n) is 20.3. The van der Waals surface area contributed by atoms with Crippen molar-refractivity contribution in [2.75, 3.05) is 26.8 Å². The maximum Gasteiger partial charge on any atom is 0.213 e. The van der Waals surface area contributed by atoms with Crippen LogP contribution in [0.25, 0.3) is 17.1 Å². The van der Waals surface area contributed by atoms with Crippen LogP contribution in [0.1, 0.15) is 42.7 Å². The van der Waals surface area contributed by atoms with Crippen LogP contribution in [0.5, 0.6) is 11.6 Å². The van der Waals surface area contributed by atoms with Crippen LogP contribution in [0.4, 0.5) is 8.78 Å². The predicted molar refractivity (Wildman–Crippen MR) is 134 cm³/mol. The van der Waals surface area contributed by atoms with Gasteiger partial charge < -0.3 is 14.8 Å². The van der Waals surface area contributed by atoms with Crippen LogP contribution in [-0.2, 0) is 0 Å². The molecule has 188 valence electrons. The molecule has 4 atom stereocenters. The first-order chi connectivity index (χ1) is 17.6. The SMILES string of the molecule is COc1ccc2ncc3c(c2n1)C(CN1[C@@H]2CC[C@H]1CC(NC/C=C/c1cc(F)ccc1F)C2)CO3. The van der Waals surface area contributed by atoms with Gasteiger partial charge in [0.2, 0.25) is 5.88 Å². The number of hydrogen-bond acceptors (Lipinski definition) is 6. The zero-order chi connectivity index (χ0) is 24.6. The molecule has 0 aliphatic carbocycles. The number of fused-ring (bicyclic) bond motifs is 5. The maximum absolute atomic E-state index is 13.8. The molecular weight excluding hydrogens is 462 g/mol. The number of nitrogens with zero attached hydrogens (tertiary/aromatic N) is 3. The van der Waals surface area contributed by atoms with Crippen molar-refractivity contribution in [3.05, 3.63) is 65.4 Å². The first-order valence-electron chi connectivity index (χ1n) is 12.7. The lowest BCUT2D eigenvalue weighted by atomic mass is 9.93. The summed E-state index contributed by atoms with van der Waals surface area (Å²) in [5, 5.41) is 3.61. The minimum Gasteiger partial charge on any atom is -0.491 e. The molecule has 1 N–H and O–H groups in total. The summed E-state index contributed by atoms with van der Waals surface area (Å²) in [5.41, 5.74) is 3.16. The first kappa shape index (κ1) is 23.3. The molecule has 6 nitrogen and oxygen atoms in total. The molecule has 6 rings (SSSR count). The Hall–Kier alpha value is -3.10. The average Bonchev–Trinajstić information content (AvgIpc) is 3.40. The van der Waals surface area contributed by atoms with Gasteiger partial charge in [-0.15, -0.1) is 0 Å². The van der Waals surface area contributed by atoms with E-state index < -0.39 is 11.6 Å². The molecule has 8 heteroatoms. The summed E-state index contributed by atoms with van der Waals surface area (Å²) in [6.07, 6.45) is 9.92. The third kappa shape index (κ3) is 4.44. The van der Waals surface area contributed by atoms with Gasteiger partial charge in [0.1, 0.15) is 22.9 Å². The summed E-state index contributed by atoms with van der Waals surface area (Å²) in [5.74, 6) is 0.834. The molecule has 0 radical (unpaired) electrons. The number of piperidine rings is 1. The molecule has 2 aromatic heterocycles. The summed E-state index contributed by atoms with van der Waals surface area (Å²) >= 11 is 0. The maximum atomic E-state index is 13.8.